The van der Waals surface area contributed by atoms with Gasteiger partial charge in [0.05, 0.1) is 16.9 Å². The molecule has 0 aliphatic carbocycles. The quantitative estimate of drug-likeness (QED) is 0.399. The van der Waals surface area contributed by atoms with Crippen LogP contribution >= 0.6 is 0 Å². The van der Waals surface area contributed by atoms with E-state index in [-0.39, 0.29) is 11.0 Å². The summed E-state index contributed by atoms with van der Waals surface area (Å²) in [6, 6.07) is 20.9. The van der Waals surface area contributed by atoms with Crippen molar-refractivity contribution in [3.8, 4) is 11.8 Å². The summed E-state index contributed by atoms with van der Waals surface area (Å²) in [4.78, 5) is 15.9. The summed E-state index contributed by atoms with van der Waals surface area (Å²) in [6.07, 6.45) is -0.982. The lowest BCUT2D eigenvalue weighted by Crippen LogP contribution is -2.45. The predicted molar refractivity (Wildman–Crippen MR) is 154 cm³/mol. The topological polar surface area (TPSA) is 76.0 Å². The molecule has 0 amide bonds. The number of hydrogen-bond acceptors (Lipinski definition) is 5. The van der Waals surface area contributed by atoms with E-state index in [0.29, 0.717) is 12.1 Å². The Morgan fingerprint density at radius 2 is 1.66 bits per heavy atom. The van der Waals surface area contributed by atoms with Gasteiger partial charge in [0.25, 0.3) is 0 Å². The van der Waals surface area contributed by atoms with E-state index in [9.17, 15) is 9.90 Å². The van der Waals surface area contributed by atoms with Gasteiger partial charge in [0, 0.05) is 38.3 Å². The Morgan fingerprint density at radius 1 is 1.00 bits per heavy atom. The van der Waals surface area contributed by atoms with Crippen LogP contribution in [0.4, 0.5) is 11.4 Å². The molecule has 1 atom stereocenters. The number of aliphatic hydroxyl groups excluding tert-OH is 1. The lowest BCUT2D eigenvalue weighted by molar-refractivity contribution is 0.0697. The van der Waals surface area contributed by atoms with E-state index in [0.717, 1.165) is 48.7 Å². The molecule has 0 spiro atoms. The Kier molecular flexibility index (Phi) is 8.41. The zero-order valence-corrected chi connectivity index (χ0v) is 22.7. The summed E-state index contributed by atoms with van der Waals surface area (Å²) in [6.45, 7) is 11.0. The lowest BCUT2D eigenvalue weighted by atomic mass is 9.83. The van der Waals surface area contributed by atoms with E-state index >= 15 is 0 Å². The summed E-state index contributed by atoms with van der Waals surface area (Å²) >= 11 is 0. The van der Waals surface area contributed by atoms with Crippen LogP contribution < -0.4 is 10.2 Å². The molecule has 198 valence electrons. The van der Waals surface area contributed by atoms with Crippen LogP contribution in [0.25, 0.3) is 0 Å². The summed E-state index contributed by atoms with van der Waals surface area (Å²) in [5.74, 6) is 5.00. The highest BCUT2D eigenvalue weighted by atomic mass is 16.4. The van der Waals surface area contributed by atoms with E-state index in [4.69, 9.17) is 5.11 Å². The molecule has 0 saturated carbocycles. The molecule has 6 nitrogen and oxygen atoms in total. The maximum absolute atomic E-state index is 11.2. The number of likely N-dealkylation sites (N-methyl/N-ethyl adjacent to an activating group) is 1. The molecule has 4 rings (SSSR count). The van der Waals surface area contributed by atoms with Gasteiger partial charge in [0.1, 0.15) is 6.10 Å². The summed E-state index contributed by atoms with van der Waals surface area (Å²) < 4.78 is 0. The molecule has 0 radical (unpaired) electrons. The van der Waals surface area contributed by atoms with Crippen molar-refractivity contribution < 1.29 is 15.0 Å². The maximum Gasteiger partial charge on any atom is 0.335 e. The van der Waals surface area contributed by atoms with Crippen LogP contribution in [0.5, 0.6) is 0 Å². The molecule has 1 unspecified atom stereocenters. The fourth-order valence-corrected chi connectivity index (χ4v) is 4.60. The fraction of sp³-hybridized carbons (Fsp3) is 0.344. The number of piperazine rings is 1. The van der Waals surface area contributed by atoms with E-state index in [2.05, 4.69) is 91.2 Å². The minimum absolute atomic E-state index is 0.170. The van der Waals surface area contributed by atoms with Crippen LogP contribution in [0.3, 0.4) is 0 Å². The molecule has 38 heavy (non-hydrogen) atoms. The first-order valence-electron chi connectivity index (χ1n) is 13.0. The Labute approximate surface area is 225 Å². The van der Waals surface area contributed by atoms with Crippen LogP contribution in [0.15, 0.2) is 66.7 Å². The molecule has 3 aromatic rings. The molecule has 1 aliphatic heterocycles. The van der Waals surface area contributed by atoms with E-state index < -0.39 is 12.1 Å². The van der Waals surface area contributed by atoms with Crippen molar-refractivity contribution in [1.82, 2.24) is 4.90 Å². The van der Waals surface area contributed by atoms with Gasteiger partial charge in [-0.2, -0.15) is 0 Å². The van der Waals surface area contributed by atoms with Crippen LogP contribution in [0, 0.1) is 11.8 Å². The van der Waals surface area contributed by atoms with Gasteiger partial charge < -0.3 is 25.3 Å². The normalized spacial score (nSPS) is 14.9. The van der Waals surface area contributed by atoms with Crippen molar-refractivity contribution in [1.29, 1.82) is 0 Å². The highest BCUT2D eigenvalue weighted by molar-refractivity contribution is 5.87. The minimum atomic E-state index is -0.982. The molecule has 3 N–H and O–H groups in total. The lowest BCUT2D eigenvalue weighted by Gasteiger charge is -2.37. The van der Waals surface area contributed by atoms with Crippen molar-refractivity contribution >= 4 is 17.3 Å². The average molecular weight is 512 g/mol. The second-order valence-corrected chi connectivity index (χ2v) is 10.9. The fourth-order valence-electron chi connectivity index (χ4n) is 4.60. The number of rotatable bonds is 6. The minimum Gasteiger partial charge on any atom is -0.478 e. The predicted octanol–water partition coefficient (Wildman–Crippen LogP) is 5.13. The number of carboxylic acid groups (broad SMARTS) is 1. The summed E-state index contributed by atoms with van der Waals surface area (Å²) in [7, 11) is 2.14. The third-order valence-corrected chi connectivity index (χ3v) is 6.90. The number of carbonyl (C=O) groups is 1. The molecule has 0 bridgehead atoms. The van der Waals surface area contributed by atoms with E-state index in [1.807, 2.05) is 6.07 Å². The number of benzene rings is 3. The number of carboxylic acids is 1. The highest BCUT2D eigenvalue weighted by Crippen LogP contribution is 2.40. The first kappa shape index (κ1) is 27.3. The van der Waals surface area contributed by atoms with Gasteiger partial charge in [-0.25, -0.2) is 4.79 Å². The summed E-state index contributed by atoms with van der Waals surface area (Å²) in [5, 5.41) is 24.0. The van der Waals surface area contributed by atoms with Gasteiger partial charge in [-0.15, -0.1) is 0 Å². The number of hydrogen-bond donors (Lipinski definition) is 3. The second-order valence-electron chi connectivity index (χ2n) is 10.9. The monoisotopic (exact) mass is 511 g/mol. The van der Waals surface area contributed by atoms with Gasteiger partial charge in [0.2, 0.25) is 0 Å². The SMILES string of the molecule is CN1CCN(c2cc(C(O)C#Cc3ccc(C(=O)O)cc3)cc(C(C)(C)C)c2NCc2ccccc2)CC1. The largest absolute Gasteiger partial charge is 0.478 e. The van der Waals surface area contributed by atoms with Gasteiger partial charge in [-0.1, -0.05) is 62.9 Å². The number of aromatic carboxylic acids is 1. The molecular weight excluding hydrogens is 474 g/mol. The van der Waals surface area contributed by atoms with Crippen LogP contribution in [0.1, 0.15) is 59.5 Å². The summed E-state index contributed by atoms with van der Waals surface area (Å²) in [5.41, 5.74) is 5.97. The third kappa shape index (κ3) is 6.74. The zero-order valence-electron chi connectivity index (χ0n) is 22.7. The number of nitrogens with one attached hydrogen (secondary N) is 1. The zero-order chi connectivity index (χ0) is 27.3. The van der Waals surface area contributed by atoms with E-state index in [1.54, 1.807) is 12.1 Å². The van der Waals surface area contributed by atoms with Crippen molar-refractivity contribution in [3.05, 3.63) is 94.5 Å². The molecule has 1 heterocycles. The second kappa shape index (κ2) is 11.7. The molecule has 1 fully saturated rings. The molecule has 6 heteroatoms. The molecule has 1 aliphatic rings. The first-order chi connectivity index (χ1) is 18.1. The van der Waals surface area contributed by atoms with Crippen molar-refractivity contribution in [2.75, 3.05) is 43.4 Å². The first-order valence-corrected chi connectivity index (χ1v) is 13.0. The smallest absolute Gasteiger partial charge is 0.335 e. The maximum atomic E-state index is 11.2. The Morgan fingerprint density at radius 3 is 2.26 bits per heavy atom. The van der Waals surface area contributed by atoms with Crippen molar-refractivity contribution in [3.63, 3.8) is 0 Å². The Bertz CT molecular complexity index is 1310. The Hall–Kier alpha value is -3.79. The van der Waals surface area contributed by atoms with Crippen molar-refractivity contribution in [2.24, 2.45) is 0 Å². The van der Waals surface area contributed by atoms with Crippen LogP contribution in [-0.2, 0) is 12.0 Å². The number of nitrogens with zero attached hydrogens (tertiary/aromatic N) is 2. The molecular formula is C32H37N3O3. The van der Waals surface area contributed by atoms with Crippen molar-refractivity contribution in [2.45, 2.75) is 38.8 Å². The molecule has 3 aromatic carbocycles. The highest BCUT2D eigenvalue weighted by Gasteiger charge is 2.26. The van der Waals surface area contributed by atoms with Gasteiger partial charge >= 0.3 is 5.97 Å². The van der Waals surface area contributed by atoms with Gasteiger partial charge in [0.15, 0.2) is 0 Å². The van der Waals surface area contributed by atoms with Crippen LogP contribution in [0.2, 0.25) is 0 Å². The van der Waals surface area contributed by atoms with E-state index in [1.165, 1.54) is 17.7 Å². The number of anilines is 2. The van der Waals surface area contributed by atoms with Gasteiger partial charge in [-0.05, 0) is 65.6 Å². The van der Waals surface area contributed by atoms with Crippen LogP contribution in [-0.4, -0.2) is 54.3 Å². The standard InChI is InChI=1S/C32H37N3O3/c1-32(2,3)27-20-26(29(36)15-12-23-10-13-25(14-11-23)31(37)38)21-28(35-18-16-34(4)17-19-35)30(27)33-22-24-8-6-5-7-9-24/h5-11,13-14,20-21,29,33,36H,16-19,22H2,1-4H3,(H,37,38). The average Bonchev–Trinajstić information content (AvgIpc) is 2.91. The Balaban J connectivity index is 1.72. The number of aliphatic hydroxyl groups is 1. The molecule has 1 saturated heterocycles. The molecule has 0 aromatic heterocycles. The van der Waals surface area contributed by atoms with Gasteiger partial charge in [-0.3, -0.25) is 0 Å². The third-order valence-electron chi connectivity index (χ3n) is 6.90.